The van der Waals surface area contributed by atoms with E-state index in [0.29, 0.717) is 6.54 Å². The first kappa shape index (κ1) is 14.9. The fourth-order valence-electron chi connectivity index (χ4n) is 1.82. The van der Waals surface area contributed by atoms with E-state index in [2.05, 4.69) is 15.9 Å². The van der Waals surface area contributed by atoms with E-state index in [-0.39, 0.29) is 16.9 Å². The third-order valence-electron chi connectivity index (χ3n) is 2.78. The van der Waals surface area contributed by atoms with Crippen LogP contribution in [0.5, 0.6) is 5.75 Å². The molecule has 1 aromatic heterocycles. The van der Waals surface area contributed by atoms with Crippen LogP contribution < -0.4 is 4.74 Å². The Kier molecular flexibility index (Phi) is 4.73. The van der Waals surface area contributed by atoms with Gasteiger partial charge in [0.2, 0.25) is 0 Å². The van der Waals surface area contributed by atoms with Gasteiger partial charge in [0, 0.05) is 23.6 Å². The van der Waals surface area contributed by atoms with E-state index in [9.17, 15) is 4.79 Å². The molecular formula is C14H13BrClNO3. The molecule has 6 heteroatoms. The molecule has 20 heavy (non-hydrogen) atoms. The summed E-state index contributed by atoms with van der Waals surface area (Å²) in [5.74, 6) is 0.704. The molecule has 0 aliphatic heterocycles. The number of ether oxygens (including phenoxy) is 1. The summed E-state index contributed by atoms with van der Waals surface area (Å²) in [7, 11) is 3.29. The van der Waals surface area contributed by atoms with E-state index in [4.69, 9.17) is 20.8 Å². The van der Waals surface area contributed by atoms with Gasteiger partial charge < -0.3 is 14.1 Å². The van der Waals surface area contributed by atoms with Gasteiger partial charge in [0.05, 0.1) is 7.11 Å². The highest BCUT2D eigenvalue weighted by atomic mass is 79.9. The lowest BCUT2D eigenvalue weighted by Crippen LogP contribution is -2.26. The number of methoxy groups -OCH3 is 1. The van der Waals surface area contributed by atoms with Crippen LogP contribution in [0.2, 0.25) is 5.22 Å². The molecule has 0 atom stereocenters. The maximum Gasteiger partial charge on any atom is 0.289 e. The molecule has 0 saturated heterocycles. The fourth-order valence-corrected chi connectivity index (χ4v) is 2.37. The molecular weight excluding hydrogens is 346 g/mol. The molecule has 0 spiro atoms. The zero-order chi connectivity index (χ0) is 14.7. The molecule has 0 aliphatic carbocycles. The van der Waals surface area contributed by atoms with Crippen molar-refractivity contribution in [2.24, 2.45) is 0 Å². The summed E-state index contributed by atoms with van der Waals surface area (Å²) in [5, 5.41) is 0.196. The molecule has 2 rings (SSSR count). The van der Waals surface area contributed by atoms with Crippen LogP contribution in [-0.2, 0) is 6.54 Å². The van der Waals surface area contributed by atoms with Gasteiger partial charge in [0.25, 0.3) is 5.91 Å². The van der Waals surface area contributed by atoms with Gasteiger partial charge in [0.1, 0.15) is 5.75 Å². The van der Waals surface area contributed by atoms with Crippen LogP contribution in [0.25, 0.3) is 0 Å². The summed E-state index contributed by atoms with van der Waals surface area (Å²) < 4.78 is 11.3. The predicted octanol–water partition coefficient (Wildman–Crippen LogP) is 3.98. The third-order valence-corrected chi connectivity index (χ3v) is 3.48. The van der Waals surface area contributed by atoms with E-state index in [0.717, 1.165) is 15.8 Å². The van der Waals surface area contributed by atoms with Crippen molar-refractivity contribution in [3.05, 3.63) is 51.3 Å². The van der Waals surface area contributed by atoms with Gasteiger partial charge in [-0.1, -0.05) is 15.9 Å². The van der Waals surface area contributed by atoms with Crippen LogP contribution in [0.3, 0.4) is 0 Å². The van der Waals surface area contributed by atoms with Gasteiger partial charge in [0.15, 0.2) is 11.0 Å². The Labute approximate surface area is 130 Å². The summed E-state index contributed by atoms with van der Waals surface area (Å²) in [6.07, 6.45) is 0. The van der Waals surface area contributed by atoms with Crippen molar-refractivity contribution in [1.29, 1.82) is 0 Å². The first-order valence-electron chi connectivity index (χ1n) is 5.84. The van der Waals surface area contributed by atoms with E-state index in [1.165, 1.54) is 0 Å². The Morgan fingerprint density at radius 2 is 2.15 bits per heavy atom. The first-order valence-corrected chi connectivity index (χ1v) is 7.01. The average Bonchev–Trinajstić information content (AvgIpc) is 2.84. The van der Waals surface area contributed by atoms with Crippen LogP contribution in [0, 0.1) is 0 Å². The number of carbonyl (C=O) groups is 1. The SMILES string of the molecule is COc1ccc(Br)cc1CN(C)C(=O)c1ccc(Cl)o1. The monoisotopic (exact) mass is 357 g/mol. The molecule has 0 radical (unpaired) electrons. The molecule has 0 saturated carbocycles. The number of hydrogen-bond acceptors (Lipinski definition) is 3. The van der Waals surface area contributed by atoms with Crippen molar-refractivity contribution in [3.63, 3.8) is 0 Å². The summed E-state index contributed by atoms with van der Waals surface area (Å²) in [6.45, 7) is 0.403. The fraction of sp³-hybridized carbons (Fsp3) is 0.214. The number of amides is 1. The molecule has 2 aromatic rings. The zero-order valence-corrected chi connectivity index (χ0v) is 13.4. The second kappa shape index (κ2) is 6.33. The second-order valence-corrected chi connectivity index (χ2v) is 5.51. The Hall–Kier alpha value is -1.46. The first-order chi connectivity index (χ1) is 9.51. The minimum Gasteiger partial charge on any atom is -0.496 e. The van der Waals surface area contributed by atoms with Crippen LogP contribution in [-0.4, -0.2) is 25.0 Å². The molecule has 4 nitrogen and oxygen atoms in total. The summed E-state index contributed by atoms with van der Waals surface area (Å²) in [6, 6.07) is 8.75. The molecule has 106 valence electrons. The summed E-state index contributed by atoms with van der Waals surface area (Å²) in [4.78, 5) is 13.7. The Morgan fingerprint density at radius 1 is 1.40 bits per heavy atom. The van der Waals surface area contributed by atoms with Gasteiger partial charge in [-0.3, -0.25) is 4.79 Å². The topological polar surface area (TPSA) is 42.7 Å². The molecule has 1 heterocycles. The molecule has 0 fully saturated rings. The number of halogens is 2. The van der Waals surface area contributed by atoms with Crippen LogP contribution in [0.1, 0.15) is 16.1 Å². The molecule has 0 N–H and O–H groups in total. The highest BCUT2D eigenvalue weighted by molar-refractivity contribution is 9.10. The highest BCUT2D eigenvalue weighted by Gasteiger charge is 2.17. The minimum absolute atomic E-state index is 0.196. The number of carbonyl (C=O) groups excluding carboxylic acids is 1. The molecule has 0 aliphatic rings. The van der Waals surface area contributed by atoms with Gasteiger partial charge in [-0.2, -0.15) is 0 Å². The lowest BCUT2D eigenvalue weighted by molar-refractivity contribution is 0.0752. The van der Waals surface area contributed by atoms with Crippen molar-refractivity contribution < 1.29 is 13.9 Å². The number of nitrogens with zero attached hydrogens (tertiary/aromatic N) is 1. The number of furan rings is 1. The van der Waals surface area contributed by atoms with Crippen LogP contribution in [0.4, 0.5) is 0 Å². The molecule has 1 aromatic carbocycles. The van der Waals surface area contributed by atoms with Gasteiger partial charge in [-0.05, 0) is 41.9 Å². The van der Waals surface area contributed by atoms with Crippen LogP contribution in [0.15, 0.2) is 39.2 Å². The summed E-state index contributed by atoms with van der Waals surface area (Å²) in [5.41, 5.74) is 0.898. The molecule has 1 amide bonds. The summed E-state index contributed by atoms with van der Waals surface area (Å²) >= 11 is 9.08. The number of rotatable bonds is 4. The van der Waals surface area contributed by atoms with Crippen molar-refractivity contribution >= 4 is 33.4 Å². The van der Waals surface area contributed by atoms with E-state index < -0.39 is 0 Å². The minimum atomic E-state index is -0.237. The Balaban J connectivity index is 2.17. The lowest BCUT2D eigenvalue weighted by Gasteiger charge is -2.18. The van der Waals surface area contributed by atoms with E-state index in [1.54, 1.807) is 31.2 Å². The van der Waals surface area contributed by atoms with E-state index in [1.807, 2.05) is 18.2 Å². The van der Waals surface area contributed by atoms with Crippen molar-refractivity contribution in [3.8, 4) is 5.75 Å². The Bertz CT molecular complexity index is 627. The van der Waals surface area contributed by atoms with Gasteiger partial charge in [-0.15, -0.1) is 0 Å². The Morgan fingerprint density at radius 3 is 2.75 bits per heavy atom. The quantitative estimate of drug-likeness (QED) is 0.830. The maximum atomic E-state index is 12.2. The van der Waals surface area contributed by atoms with Crippen molar-refractivity contribution in [2.75, 3.05) is 14.2 Å². The third kappa shape index (κ3) is 3.35. The lowest BCUT2D eigenvalue weighted by atomic mass is 10.2. The normalized spacial score (nSPS) is 10.4. The van der Waals surface area contributed by atoms with Gasteiger partial charge >= 0.3 is 0 Å². The number of hydrogen-bond donors (Lipinski definition) is 0. The van der Waals surface area contributed by atoms with Crippen molar-refractivity contribution in [2.45, 2.75) is 6.54 Å². The molecule has 0 bridgehead atoms. The maximum absolute atomic E-state index is 12.2. The highest BCUT2D eigenvalue weighted by Crippen LogP contribution is 2.24. The van der Waals surface area contributed by atoms with E-state index >= 15 is 0 Å². The van der Waals surface area contributed by atoms with Gasteiger partial charge in [-0.25, -0.2) is 0 Å². The smallest absolute Gasteiger partial charge is 0.289 e. The second-order valence-electron chi connectivity index (χ2n) is 4.22. The zero-order valence-electron chi connectivity index (χ0n) is 11.0. The largest absolute Gasteiger partial charge is 0.496 e. The molecule has 0 unspecified atom stereocenters. The average molecular weight is 359 g/mol. The predicted molar refractivity (Wildman–Crippen MR) is 80.2 cm³/mol. The van der Waals surface area contributed by atoms with Crippen molar-refractivity contribution in [1.82, 2.24) is 4.90 Å². The number of benzene rings is 1. The standard InChI is InChI=1S/C14H13BrClNO3/c1-17(14(18)12-5-6-13(16)20-12)8-9-7-10(15)3-4-11(9)19-2/h3-7H,8H2,1-2H3. The van der Waals surface area contributed by atoms with Crippen LogP contribution >= 0.6 is 27.5 Å².